The van der Waals surface area contributed by atoms with E-state index in [1.54, 1.807) is 0 Å². The third-order valence-electron chi connectivity index (χ3n) is 1.32. The first kappa shape index (κ1) is 11.4. The summed E-state index contributed by atoms with van der Waals surface area (Å²) in [6.45, 7) is 0. The van der Waals surface area contributed by atoms with Crippen molar-refractivity contribution in [2.45, 2.75) is 0 Å². The number of hydrogen-bond acceptors (Lipinski definition) is 5. The highest BCUT2D eigenvalue weighted by Gasteiger charge is 2.08. The highest BCUT2D eigenvalue weighted by Crippen LogP contribution is 2.12. The van der Waals surface area contributed by atoms with Crippen LogP contribution < -0.4 is 4.89 Å². The number of rotatable bonds is 4. The second kappa shape index (κ2) is 4.26. The zero-order chi connectivity index (χ0) is 11.5. The fourth-order valence-electron chi connectivity index (χ4n) is 0.735. The van der Waals surface area contributed by atoms with Crippen molar-refractivity contribution in [2.75, 3.05) is 0 Å². The molecule has 15 heavy (non-hydrogen) atoms. The quantitative estimate of drug-likeness (QED) is 0.443. The van der Waals surface area contributed by atoms with Gasteiger partial charge in [-0.1, -0.05) is 0 Å². The van der Waals surface area contributed by atoms with Crippen LogP contribution >= 0.6 is 0 Å². The molecule has 0 atom stereocenters. The van der Waals surface area contributed by atoms with Crippen LogP contribution in [0.15, 0.2) is 24.3 Å². The average Bonchev–Trinajstić information content (AvgIpc) is 2.14. The number of hydrogen-bond donors (Lipinski definition) is 2. The Kier molecular flexibility index (Phi) is 3.24. The molecule has 0 amide bonds. The third-order valence-corrected chi connectivity index (χ3v) is 1.56. The van der Waals surface area contributed by atoms with Crippen LogP contribution in [0.4, 0.5) is 0 Å². The van der Waals surface area contributed by atoms with Crippen molar-refractivity contribution in [3.63, 3.8) is 0 Å². The Hall–Kier alpha value is -1.64. The van der Waals surface area contributed by atoms with Crippen molar-refractivity contribution in [3.8, 4) is 5.75 Å². The number of carboxylic acids is 1. The highest BCUT2D eigenvalue weighted by atomic mass is 32.3. The molecule has 2 N–H and O–H groups in total. The van der Waals surface area contributed by atoms with E-state index in [4.69, 9.17) is 9.66 Å². The Morgan fingerprint density at radius 3 is 2.13 bits per heavy atom. The molecule has 0 unspecified atom stereocenters. The number of carbonyl (C=O) groups is 1. The van der Waals surface area contributed by atoms with Crippen molar-refractivity contribution in [2.24, 2.45) is 0 Å². The van der Waals surface area contributed by atoms with E-state index in [-0.39, 0.29) is 11.3 Å². The van der Waals surface area contributed by atoms with Crippen molar-refractivity contribution >= 4 is 16.4 Å². The smallest absolute Gasteiger partial charge is 0.432 e. The molecule has 0 aliphatic heterocycles. The second-order valence-corrected chi connectivity index (χ2v) is 3.40. The van der Waals surface area contributed by atoms with Crippen LogP contribution in [0.3, 0.4) is 0 Å². The Morgan fingerprint density at radius 1 is 1.20 bits per heavy atom. The molecule has 0 bridgehead atoms. The summed E-state index contributed by atoms with van der Waals surface area (Å²) < 4.78 is 31.9. The normalized spacial score (nSPS) is 11.0. The van der Waals surface area contributed by atoms with E-state index < -0.39 is 16.4 Å². The van der Waals surface area contributed by atoms with Gasteiger partial charge in [-0.2, -0.15) is 8.42 Å². The Morgan fingerprint density at radius 2 is 1.73 bits per heavy atom. The van der Waals surface area contributed by atoms with E-state index in [9.17, 15) is 13.2 Å². The maximum Gasteiger partial charge on any atom is 0.432 e. The van der Waals surface area contributed by atoms with E-state index in [0.29, 0.717) is 0 Å². The van der Waals surface area contributed by atoms with Crippen LogP contribution in [0.1, 0.15) is 10.4 Å². The predicted octanol–water partition coefficient (Wildman–Crippen LogP) is 0.498. The first-order valence-corrected chi connectivity index (χ1v) is 4.92. The lowest BCUT2D eigenvalue weighted by molar-refractivity contribution is -0.102. The SMILES string of the molecule is O=C(O)c1ccc(OOS(=O)(=O)O)cc1. The van der Waals surface area contributed by atoms with Crippen molar-refractivity contribution < 1.29 is 32.1 Å². The maximum atomic E-state index is 10.4. The maximum absolute atomic E-state index is 10.4. The van der Waals surface area contributed by atoms with Crippen LogP contribution in [-0.2, 0) is 14.7 Å². The van der Waals surface area contributed by atoms with E-state index in [1.165, 1.54) is 24.3 Å². The average molecular weight is 234 g/mol. The second-order valence-electron chi connectivity index (χ2n) is 2.41. The van der Waals surface area contributed by atoms with Gasteiger partial charge in [0.15, 0.2) is 5.75 Å². The molecule has 0 radical (unpaired) electrons. The number of carboxylic acid groups (broad SMARTS) is 1. The fraction of sp³-hybridized carbons (Fsp3) is 0. The molecule has 0 heterocycles. The third kappa shape index (κ3) is 3.94. The molecule has 1 aromatic carbocycles. The van der Waals surface area contributed by atoms with Gasteiger partial charge in [-0.25, -0.2) is 4.79 Å². The van der Waals surface area contributed by atoms with Crippen molar-refractivity contribution in [3.05, 3.63) is 29.8 Å². The molecule has 0 saturated carbocycles. The monoisotopic (exact) mass is 234 g/mol. The van der Waals surface area contributed by atoms with Gasteiger partial charge in [0.1, 0.15) is 0 Å². The molecule has 8 heteroatoms. The first-order chi connectivity index (χ1) is 6.88. The zero-order valence-corrected chi connectivity index (χ0v) is 7.97. The summed E-state index contributed by atoms with van der Waals surface area (Å²) >= 11 is 0. The van der Waals surface area contributed by atoms with Gasteiger partial charge in [0.2, 0.25) is 0 Å². The summed E-state index contributed by atoms with van der Waals surface area (Å²) in [7, 11) is -4.69. The van der Waals surface area contributed by atoms with Gasteiger partial charge in [0.25, 0.3) is 0 Å². The lowest BCUT2D eigenvalue weighted by Crippen LogP contribution is -2.07. The van der Waals surface area contributed by atoms with E-state index in [0.717, 1.165) is 0 Å². The summed E-state index contributed by atoms with van der Waals surface area (Å²) in [6, 6.07) is 4.72. The first-order valence-electron chi connectivity index (χ1n) is 3.55. The Labute approximate surface area is 84.7 Å². The van der Waals surface area contributed by atoms with Gasteiger partial charge in [-0.05, 0) is 28.6 Å². The Balaban J connectivity index is 2.69. The van der Waals surface area contributed by atoms with Gasteiger partial charge in [-0.3, -0.25) is 4.55 Å². The molecule has 0 aromatic heterocycles. The molecular weight excluding hydrogens is 228 g/mol. The molecule has 0 fully saturated rings. The topological polar surface area (TPSA) is 110 Å². The van der Waals surface area contributed by atoms with Gasteiger partial charge in [0, 0.05) is 0 Å². The van der Waals surface area contributed by atoms with Crippen molar-refractivity contribution in [1.82, 2.24) is 0 Å². The summed E-state index contributed by atoms with van der Waals surface area (Å²) in [6.07, 6.45) is 0. The molecule has 1 rings (SSSR count). The van der Waals surface area contributed by atoms with E-state index in [1.807, 2.05) is 0 Å². The molecule has 7 nitrogen and oxygen atoms in total. The van der Waals surface area contributed by atoms with Gasteiger partial charge in [-0.15, -0.1) is 0 Å². The minimum atomic E-state index is -4.69. The van der Waals surface area contributed by atoms with Gasteiger partial charge >= 0.3 is 16.4 Å². The fourth-order valence-corrected chi connectivity index (χ4v) is 0.900. The summed E-state index contributed by atoms with van der Waals surface area (Å²) in [5, 5.41) is 8.53. The lowest BCUT2D eigenvalue weighted by atomic mass is 10.2. The van der Waals surface area contributed by atoms with Crippen LogP contribution in [0.25, 0.3) is 0 Å². The summed E-state index contributed by atoms with van der Waals surface area (Å²) in [4.78, 5) is 14.6. The standard InChI is InChI=1S/C7H6O7S/c8-7(9)5-1-3-6(4-2-5)13-14-15(10,11)12/h1-4H,(H,8,9)(H,10,11,12). The predicted molar refractivity (Wildman–Crippen MR) is 46.7 cm³/mol. The molecule has 82 valence electrons. The molecule has 0 aliphatic rings. The minimum absolute atomic E-state index is 0.00852. The van der Waals surface area contributed by atoms with Crippen LogP contribution in [0.5, 0.6) is 5.75 Å². The molecule has 1 aromatic rings. The van der Waals surface area contributed by atoms with Crippen LogP contribution in [-0.4, -0.2) is 24.0 Å². The zero-order valence-electron chi connectivity index (χ0n) is 7.15. The molecule has 0 saturated heterocycles. The molecule has 0 aliphatic carbocycles. The number of benzene rings is 1. The van der Waals surface area contributed by atoms with Crippen molar-refractivity contribution in [1.29, 1.82) is 0 Å². The van der Waals surface area contributed by atoms with Crippen LogP contribution in [0.2, 0.25) is 0 Å². The van der Waals surface area contributed by atoms with Crippen LogP contribution in [0, 0.1) is 0 Å². The number of aromatic carboxylic acids is 1. The van der Waals surface area contributed by atoms with Gasteiger partial charge in [0.05, 0.1) is 5.56 Å². The lowest BCUT2D eigenvalue weighted by Gasteiger charge is -2.01. The van der Waals surface area contributed by atoms with E-state index >= 15 is 0 Å². The Bertz CT molecular complexity index is 447. The van der Waals surface area contributed by atoms with Gasteiger partial charge < -0.3 is 9.99 Å². The van der Waals surface area contributed by atoms with E-state index in [2.05, 4.69) is 9.22 Å². The molecule has 0 spiro atoms. The largest absolute Gasteiger partial charge is 0.478 e. The summed E-state index contributed by atoms with van der Waals surface area (Å²) in [5.41, 5.74) is 0.00852. The minimum Gasteiger partial charge on any atom is -0.478 e. The molecular formula is C7H6O7S. The highest BCUT2D eigenvalue weighted by molar-refractivity contribution is 7.80. The summed E-state index contributed by atoms with van der Waals surface area (Å²) in [5.74, 6) is -1.19.